The Morgan fingerprint density at radius 2 is 0.982 bits per heavy atom. The second-order valence-corrected chi connectivity index (χ2v) is 16.9. The van der Waals surface area contributed by atoms with Crippen LogP contribution in [0.3, 0.4) is 0 Å². The van der Waals surface area contributed by atoms with Crippen LogP contribution in [0.25, 0.3) is 0 Å². The molecule has 0 radical (unpaired) electrons. The standard InChI is InChI=1S/C41H76N6O9/c1-24(2)17-29(38(44)53)20-36(52)37(28(8)49)47-41(56)31(23-48)22-34(50)32(14-10-12-16-43)45-40(55)30(18-25(3)4)21-35(51)33(19-26(5)6)46-39(54)27(7)13-9-11-15-42/h24-33,37,48-49H,9-23,42-43H2,1-8H3,(H2,44,53)(H,45,55)(H,46,54)(H,47,56)/t27-,28?,29+,30+,31-,32-,33-,37?/m0/s1. The number of Topliss-reactive ketones (excluding diaryl/α,β-unsaturated/α-hetero) is 3. The highest BCUT2D eigenvalue weighted by Gasteiger charge is 2.35. The molecule has 0 heterocycles. The van der Waals surface area contributed by atoms with Crippen molar-refractivity contribution in [3.05, 3.63) is 0 Å². The van der Waals surface area contributed by atoms with Crippen LogP contribution in [-0.4, -0.2) is 95.1 Å². The van der Waals surface area contributed by atoms with Crippen molar-refractivity contribution in [1.29, 1.82) is 0 Å². The molecular formula is C41H76N6O9. The van der Waals surface area contributed by atoms with E-state index in [-0.39, 0.29) is 54.6 Å². The maximum atomic E-state index is 13.9. The minimum atomic E-state index is -1.42. The first-order chi connectivity index (χ1) is 26.2. The predicted octanol–water partition coefficient (Wildman–Crippen LogP) is 2.06. The molecule has 15 nitrogen and oxygen atoms in total. The lowest BCUT2D eigenvalue weighted by atomic mass is 9.87. The first-order valence-corrected chi connectivity index (χ1v) is 20.7. The molecule has 0 aliphatic heterocycles. The number of primary amides is 1. The number of unbranched alkanes of at least 4 members (excludes halogenated alkanes) is 2. The number of carbonyl (C=O) groups excluding carboxylic acids is 7. The second-order valence-electron chi connectivity index (χ2n) is 16.9. The summed E-state index contributed by atoms with van der Waals surface area (Å²) in [6.45, 7) is 14.7. The number of amides is 4. The van der Waals surface area contributed by atoms with E-state index in [1.807, 2.05) is 48.5 Å². The summed E-state index contributed by atoms with van der Waals surface area (Å²) in [5.74, 6) is -6.81. The molecular weight excluding hydrogens is 720 g/mol. The summed E-state index contributed by atoms with van der Waals surface area (Å²) < 4.78 is 0. The van der Waals surface area contributed by atoms with Crippen molar-refractivity contribution in [3.8, 4) is 0 Å². The fourth-order valence-electron chi connectivity index (χ4n) is 6.72. The van der Waals surface area contributed by atoms with Gasteiger partial charge in [-0.05, 0) is 89.1 Å². The Balaban J connectivity index is 6.12. The van der Waals surface area contributed by atoms with Gasteiger partial charge in [0, 0.05) is 37.0 Å². The minimum Gasteiger partial charge on any atom is -0.396 e. The number of hydrogen-bond acceptors (Lipinski definition) is 11. The Morgan fingerprint density at radius 1 is 0.536 bits per heavy atom. The Labute approximate surface area is 335 Å². The SMILES string of the molecule is CC(C)C[C@H](CC(=O)C(NC(=O)[C@H](CO)CC(=O)[C@H](CCCCN)NC(=O)[C@@H](CC(=O)[C@H](CC(C)C)NC(=O)[C@@H](C)CCCCN)CC(C)C)C(C)O)C(N)=O. The van der Waals surface area contributed by atoms with E-state index in [9.17, 15) is 43.8 Å². The first-order valence-electron chi connectivity index (χ1n) is 20.7. The molecule has 0 bridgehead atoms. The molecule has 11 N–H and O–H groups in total. The molecule has 0 aromatic heterocycles. The molecule has 0 aromatic carbocycles. The van der Waals surface area contributed by atoms with Gasteiger partial charge in [-0.3, -0.25) is 33.6 Å². The quantitative estimate of drug-likeness (QED) is 0.0457. The average molecular weight is 797 g/mol. The number of aliphatic hydroxyl groups excluding tert-OH is 2. The van der Waals surface area contributed by atoms with Gasteiger partial charge in [-0.1, -0.05) is 54.9 Å². The van der Waals surface area contributed by atoms with Gasteiger partial charge in [0.1, 0.15) is 6.04 Å². The summed E-state index contributed by atoms with van der Waals surface area (Å²) >= 11 is 0. The highest BCUT2D eigenvalue weighted by molar-refractivity contribution is 5.97. The number of rotatable bonds is 32. The van der Waals surface area contributed by atoms with Crippen molar-refractivity contribution in [3.63, 3.8) is 0 Å². The highest BCUT2D eigenvalue weighted by Crippen LogP contribution is 2.22. The molecule has 0 spiro atoms. The topological polar surface area (TPSA) is 274 Å². The van der Waals surface area contributed by atoms with Crippen LogP contribution >= 0.6 is 0 Å². The molecule has 0 aromatic rings. The highest BCUT2D eigenvalue weighted by atomic mass is 16.3. The van der Waals surface area contributed by atoms with Crippen molar-refractivity contribution in [2.24, 2.45) is 58.6 Å². The Kier molecular flexibility index (Phi) is 26.5. The molecule has 0 saturated carbocycles. The molecule has 4 amide bonds. The lowest BCUT2D eigenvalue weighted by Crippen LogP contribution is -2.52. The molecule has 324 valence electrons. The van der Waals surface area contributed by atoms with Gasteiger partial charge in [-0.15, -0.1) is 0 Å². The van der Waals surface area contributed by atoms with Crippen LogP contribution in [0.15, 0.2) is 0 Å². The molecule has 0 fully saturated rings. The maximum Gasteiger partial charge on any atom is 0.226 e. The third kappa shape index (κ3) is 21.3. The lowest BCUT2D eigenvalue weighted by Gasteiger charge is -2.27. The van der Waals surface area contributed by atoms with Gasteiger partial charge in [0.15, 0.2) is 17.3 Å². The number of aliphatic hydroxyl groups is 2. The zero-order valence-electron chi connectivity index (χ0n) is 35.4. The predicted molar refractivity (Wildman–Crippen MR) is 216 cm³/mol. The number of hydrogen-bond donors (Lipinski definition) is 8. The van der Waals surface area contributed by atoms with Crippen LogP contribution < -0.4 is 33.2 Å². The maximum absolute atomic E-state index is 13.9. The van der Waals surface area contributed by atoms with E-state index in [0.29, 0.717) is 51.6 Å². The molecule has 0 saturated heterocycles. The van der Waals surface area contributed by atoms with Crippen LogP contribution in [-0.2, 0) is 33.6 Å². The monoisotopic (exact) mass is 797 g/mol. The summed E-state index contributed by atoms with van der Waals surface area (Å²) in [5, 5.41) is 28.7. The van der Waals surface area contributed by atoms with Crippen LogP contribution in [0.4, 0.5) is 0 Å². The van der Waals surface area contributed by atoms with Crippen molar-refractivity contribution in [1.82, 2.24) is 16.0 Å². The third-order valence-corrected chi connectivity index (χ3v) is 9.95. The van der Waals surface area contributed by atoms with Gasteiger partial charge < -0.3 is 43.4 Å². The molecule has 2 unspecified atom stereocenters. The zero-order chi connectivity index (χ0) is 43.1. The van der Waals surface area contributed by atoms with E-state index < -0.39 is 84.3 Å². The van der Waals surface area contributed by atoms with Crippen molar-refractivity contribution in [2.75, 3.05) is 19.7 Å². The molecule has 15 heteroatoms. The fraction of sp³-hybridized carbons (Fsp3) is 0.829. The summed E-state index contributed by atoms with van der Waals surface area (Å²) in [6.07, 6.45) is 2.21. The second kappa shape index (κ2) is 28.2. The largest absolute Gasteiger partial charge is 0.396 e. The molecule has 8 atom stereocenters. The number of nitrogens with one attached hydrogen (secondary N) is 3. The van der Waals surface area contributed by atoms with Crippen molar-refractivity contribution >= 4 is 41.0 Å². The summed E-state index contributed by atoms with van der Waals surface area (Å²) in [7, 11) is 0. The number of ketones is 3. The first kappa shape index (κ1) is 52.7. The summed E-state index contributed by atoms with van der Waals surface area (Å²) in [6, 6.07) is -3.27. The molecule has 0 aliphatic carbocycles. The van der Waals surface area contributed by atoms with E-state index in [1.165, 1.54) is 6.92 Å². The van der Waals surface area contributed by atoms with Gasteiger partial charge in [0.05, 0.1) is 30.7 Å². The van der Waals surface area contributed by atoms with Crippen LogP contribution in [0.5, 0.6) is 0 Å². The van der Waals surface area contributed by atoms with Gasteiger partial charge >= 0.3 is 0 Å². The smallest absolute Gasteiger partial charge is 0.226 e. The lowest BCUT2D eigenvalue weighted by molar-refractivity contribution is -0.137. The number of nitrogens with two attached hydrogens (primary N) is 3. The Bertz CT molecular complexity index is 1240. The van der Waals surface area contributed by atoms with E-state index in [4.69, 9.17) is 17.2 Å². The van der Waals surface area contributed by atoms with E-state index in [0.717, 1.165) is 12.8 Å². The minimum absolute atomic E-state index is 0.0151. The van der Waals surface area contributed by atoms with Crippen molar-refractivity contribution < 1.29 is 43.8 Å². The summed E-state index contributed by atoms with van der Waals surface area (Å²) in [4.78, 5) is 93.0. The van der Waals surface area contributed by atoms with Gasteiger partial charge in [0.2, 0.25) is 23.6 Å². The molecule has 0 aliphatic rings. The van der Waals surface area contributed by atoms with Crippen LogP contribution in [0.2, 0.25) is 0 Å². The van der Waals surface area contributed by atoms with E-state index in [1.54, 1.807) is 0 Å². The zero-order valence-corrected chi connectivity index (χ0v) is 35.4. The van der Waals surface area contributed by atoms with Gasteiger partial charge in [0.25, 0.3) is 0 Å². The fourth-order valence-corrected chi connectivity index (χ4v) is 6.72. The molecule has 0 rings (SSSR count). The molecule has 56 heavy (non-hydrogen) atoms. The number of carbonyl (C=O) groups is 7. The van der Waals surface area contributed by atoms with Gasteiger partial charge in [-0.25, -0.2) is 0 Å². The average Bonchev–Trinajstić information content (AvgIpc) is 3.10. The Hall–Kier alpha value is -3.27. The van der Waals surface area contributed by atoms with Crippen LogP contribution in [0, 0.1) is 41.4 Å². The van der Waals surface area contributed by atoms with Crippen molar-refractivity contribution in [2.45, 2.75) is 157 Å². The third-order valence-electron chi connectivity index (χ3n) is 9.95. The van der Waals surface area contributed by atoms with E-state index in [2.05, 4.69) is 16.0 Å². The summed E-state index contributed by atoms with van der Waals surface area (Å²) in [5.41, 5.74) is 16.8. The Morgan fingerprint density at radius 3 is 1.46 bits per heavy atom. The van der Waals surface area contributed by atoms with E-state index >= 15 is 0 Å². The van der Waals surface area contributed by atoms with Crippen LogP contribution in [0.1, 0.15) is 132 Å². The van der Waals surface area contributed by atoms with Gasteiger partial charge in [-0.2, -0.15) is 0 Å². The normalized spacial score (nSPS) is 16.0.